The van der Waals surface area contributed by atoms with E-state index in [-0.39, 0.29) is 18.0 Å². The van der Waals surface area contributed by atoms with Gasteiger partial charge in [0.2, 0.25) is 5.91 Å². The fourth-order valence-electron chi connectivity index (χ4n) is 3.93. The molecular weight excluding hydrogens is 410 g/mol. The molecule has 1 aliphatic heterocycles. The lowest BCUT2D eigenvalue weighted by atomic mass is 10.0. The molecule has 0 radical (unpaired) electrons. The standard InChI is InChI=1S/C23H25N5O2S/c1-16(29)25-17-8-10-18(11-9-17)28-22(20-7-5-13-27(20)14-15-30-2)21(26-23(28)31)19-6-3-4-12-24-19/h3-13,21-22H,14-15H2,1-2H3,(H,25,29)(H,26,31)/t21-,22+/m1/s1. The summed E-state index contributed by atoms with van der Waals surface area (Å²) in [5.41, 5.74) is 3.72. The number of nitrogens with one attached hydrogen (secondary N) is 2. The number of thiocarbonyl (C=S) groups is 1. The highest BCUT2D eigenvalue weighted by atomic mass is 32.1. The van der Waals surface area contributed by atoms with Gasteiger partial charge >= 0.3 is 0 Å². The number of hydrogen-bond donors (Lipinski definition) is 2. The topological polar surface area (TPSA) is 71.4 Å². The van der Waals surface area contributed by atoms with Gasteiger partial charge in [-0.25, -0.2) is 0 Å². The minimum absolute atomic E-state index is 0.0964. The predicted octanol–water partition coefficient (Wildman–Crippen LogP) is 3.67. The summed E-state index contributed by atoms with van der Waals surface area (Å²) in [6, 6.07) is 17.6. The molecule has 0 bridgehead atoms. The maximum Gasteiger partial charge on any atom is 0.221 e. The molecule has 0 unspecified atom stereocenters. The largest absolute Gasteiger partial charge is 0.383 e. The summed E-state index contributed by atoms with van der Waals surface area (Å²) in [7, 11) is 1.70. The van der Waals surface area contributed by atoms with Gasteiger partial charge in [-0.3, -0.25) is 9.78 Å². The van der Waals surface area contributed by atoms with Crippen molar-refractivity contribution in [2.75, 3.05) is 23.9 Å². The van der Waals surface area contributed by atoms with Gasteiger partial charge in [0.15, 0.2) is 5.11 Å². The average molecular weight is 436 g/mol. The van der Waals surface area contributed by atoms with Crippen LogP contribution in [-0.4, -0.2) is 34.3 Å². The Hall–Kier alpha value is -3.23. The normalized spacial score (nSPS) is 18.1. The number of hydrogen-bond acceptors (Lipinski definition) is 4. The predicted molar refractivity (Wildman–Crippen MR) is 125 cm³/mol. The Morgan fingerprint density at radius 1 is 1.19 bits per heavy atom. The van der Waals surface area contributed by atoms with Crippen molar-refractivity contribution in [3.8, 4) is 0 Å². The van der Waals surface area contributed by atoms with Gasteiger partial charge in [-0.2, -0.15) is 0 Å². The van der Waals surface area contributed by atoms with Gasteiger partial charge in [0, 0.05) is 50.0 Å². The highest BCUT2D eigenvalue weighted by Crippen LogP contribution is 2.41. The van der Waals surface area contributed by atoms with E-state index in [0.29, 0.717) is 11.7 Å². The van der Waals surface area contributed by atoms with Crippen molar-refractivity contribution in [1.82, 2.24) is 14.9 Å². The van der Waals surface area contributed by atoms with E-state index < -0.39 is 0 Å². The molecule has 4 rings (SSSR count). The third-order valence-electron chi connectivity index (χ3n) is 5.27. The Labute approximate surface area is 187 Å². The molecule has 2 N–H and O–H groups in total. The number of aromatic nitrogens is 2. The number of carbonyl (C=O) groups is 1. The van der Waals surface area contributed by atoms with Crippen LogP contribution in [0.2, 0.25) is 0 Å². The molecule has 3 heterocycles. The number of benzene rings is 1. The lowest BCUT2D eigenvalue weighted by Crippen LogP contribution is -2.30. The molecule has 31 heavy (non-hydrogen) atoms. The Kier molecular flexibility index (Phi) is 6.29. The maximum absolute atomic E-state index is 11.4. The van der Waals surface area contributed by atoms with Crippen molar-refractivity contribution in [3.63, 3.8) is 0 Å². The van der Waals surface area contributed by atoms with Crippen LogP contribution in [0.3, 0.4) is 0 Å². The molecule has 160 valence electrons. The van der Waals surface area contributed by atoms with E-state index in [2.05, 4.69) is 37.3 Å². The van der Waals surface area contributed by atoms with Gasteiger partial charge in [0.1, 0.15) is 6.04 Å². The van der Waals surface area contributed by atoms with Gasteiger partial charge in [-0.05, 0) is 60.7 Å². The van der Waals surface area contributed by atoms with Crippen LogP contribution in [0.4, 0.5) is 11.4 Å². The summed E-state index contributed by atoms with van der Waals surface area (Å²) in [5, 5.41) is 6.91. The first-order valence-corrected chi connectivity index (χ1v) is 10.5. The van der Waals surface area contributed by atoms with E-state index in [4.69, 9.17) is 17.0 Å². The van der Waals surface area contributed by atoms with Gasteiger partial charge in [-0.15, -0.1) is 0 Å². The zero-order valence-corrected chi connectivity index (χ0v) is 18.3. The smallest absolute Gasteiger partial charge is 0.221 e. The van der Waals surface area contributed by atoms with Crippen LogP contribution in [0.5, 0.6) is 0 Å². The first-order chi connectivity index (χ1) is 15.1. The van der Waals surface area contributed by atoms with E-state index in [0.717, 1.165) is 29.3 Å². The molecule has 0 aliphatic carbocycles. The number of ether oxygens (including phenoxy) is 1. The molecule has 8 heteroatoms. The van der Waals surface area contributed by atoms with Crippen molar-refractivity contribution >= 4 is 34.6 Å². The highest BCUT2D eigenvalue weighted by Gasteiger charge is 2.41. The summed E-state index contributed by atoms with van der Waals surface area (Å²) in [6.07, 6.45) is 3.86. The molecule has 7 nitrogen and oxygen atoms in total. The van der Waals surface area contributed by atoms with Crippen LogP contribution in [0.25, 0.3) is 0 Å². The van der Waals surface area contributed by atoms with Crippen molar-refractivity contribution in [2.24, 2.45) is 0 Å². The van der Waals surface area contributed by atoms with Crippen molar-refractivity contribution in [1.29, 1.82) is 0 Å². The molecule has 2 aromatic heterocycles. The summed E-state index contributed by atoms with van der Waals surface area (Å²) in [4.78, 5) is 18.1. The quantitative estimate of drug-likeness (QED) is 0.552. The van der Waals surface area contributed by atoms with Crippen molar-refractivity contribution < 1.29 is 9.53 Å². The average Bonchev–Trinajstić information content (AvgIpc) is 3.36. The number of nitrogens with zero attached hydrogens (tertiary/aromatic N) is 3. The van der Waals surface area contributed by atoms with E-state index in [1.165, 1.54) is 6.92 Å². The van der Waals surface area contributed by atoms with Crippen LogP contribution < -0.4 is 15.5 Å². The molecule has 0 spiro atoms. The third-order valence-corrected chi connectivity index (χ3v) is 5.58. The zero-order valence-electron chi connectivity index (χ0n) is 17.5. The molecule has 1 saturated heterocycles. The van der Waals surface area contributed by atoms with E-state index in [9.17, 15) is 4.79 Å². The molecule has 1 aliphatic rings. The summed E-state index contributed by atoms with van der Waals surface area (Å²) < 4.78 is 7.49. The Balaban J connectivity index is 1.75. The van der Waals surface area contributed by atoms with Crippen LogP contribution in [0, 0.1) is 0 Å². The second-order valence-electron chi connectivity index (χ2n) is 7.34. The monoisotopic (exact) mass is 435 g/mol. The summed E-state index contributed by atoms with van der Waals surface area (Å²) in [5.74, 6) is -0.102. The van der Waals surface area contributed by atoms with Gasteiger partial charge in [0.05, 0.1) is 18.3 Å². The minimum atomic E-state index is -0.111. The van der Waals surface area contributed by atoms with Gasteiger partial charge < -0.3 is 24.8 Å². The summed E-state index contributed by atoms with van der Waals surface area (Å²) >= 11 is 5.77. The number of rotatable bonds is 7. The first-order valence-electron chi connectivity index (χ1n) is 10.1. The zero-order chi connectivity index (χ0) is 21.8. The van der Waals surface area contributed by atoms with E-state index >= 15 is 0 Å². The van der Waals surface area contributed by atoms with Crippen LogP contribution in [0.15, 0.2) is 67.0 Å². The second kappa shape index (κ2) is 9.28. The van der Waals surface area contributed by atoms with Gasteiger partial charge in [-0.1, -0.05) is 6.07 Å². The number of methoxy groups -OCH3 is 1. The third kappa shape index (κ3) is 4.45. The number of amides is 1. The molecule has 0 saturated carbocycles. The summed E-state index contributed by atoms with van der Waals surface area (Å²) in [6.45, 7) is 2.85. The number of pyridine rings is 1. The minimum Gasteiger partial charge on any atom is -0.383 e. The van der Waals surface area contributed by atoms with E-state index in [1.54, 1.807) is 13.3 Å². The molecule has 1 amide bonds. The van der Waals surface area contributed by atoms with Crippen molar-refractivity contribution in [2.45, 2.75) is 25.6 Å². The van der Waals surface area contributed by atoms with Crippen LogP contribution in [0.1, 0.15) is 30.4 Å². The Morgan fingerprint density at radius 2 is 2.00 bits per heavy atom. The molecular formula is C23H25N5O2S. The van der Waals surface area contributed by atoms with Crippen molar-refractivity contribution in [3.05, 3.63) is 78.4 Å². The molecule has 3 aromatic rings. The molecule has 1 aromatic carbocycles. The lowest BCUT2D eigenvalue weighted by Gasteiger charge is -2.29. The van der Waals surface area contributed by atoms with Crippen LogP contribution >= 0.6 is 12.2 Å². The molecule has 1 fully saturated rings. The Bertz CT molecular complexity index is 1050. The number of anilines is 2. The maximum atomic E-state index is 11.4. The fourth-order valence-corrected chi connectivity index (χ4v) is 4.28. The number of carbonyl (C=O) groups excluding carboxylic acids is 1. The second-order valence-corrected chi connectivity index (χ2v) is 7.73. The lowest BCUT2D eigenvalue weighted by molar-refractivity contribution is -0.114. The Morgan fingerprint density at radius 3 is 2.68 bits per heavy atom. The van der Waals surface area contributed by atoms with Gasteiger partial charge in [0.25, 0.3) is 0 Å². The SMILES string of the molecule is COCCn1cccc1[C@H]1[C@@H](c2ccccn2)NC(=S)N1c1ccc(NC(C)=O)cc1. The van der Waals surface area contributed by atoms with E-state index in [1.807, 2.05) is 48.5 Å². The molecule has 2 atom stereocenters. The highest BCUT2D eigenvalue weighted by molar-refractivity contribution is 7.80. The first kappa shape index (κ1) is 21.0. The fraction of sp³-hybridized carbons (Fsp3) is 0.261. The van der Waals surface area contributed by atoms with Crippen LogP contribution in [-0.2, 0) is 16.1 Å².